The minimum Gasteiger partial charge on any atom is -0.352 e. The maximum Gasteiger partial charge on any atom is 0.242 e. The van der Waals surface area contributed by atoms with Gasteiger partial charge < -0.3 is 5.32 Å². The SMILES string of the molecule is C[C@@H](CCc1ccccc1)NC(=O)Cn1nnc2ccccc21. The first-order valence-electron chi connectivity index (χ1n) is 7.84. The Hall–Kier alpha value is -2.69. The molecule has 1 atom stereocenters. The highest BCUT2D eigenvalue weighted by atomic mass is 16.2. The number of benzene rings is 2. The Labute approximate surface area is 135 Å². The molecule has 3 aromatic rings. The summed E-state index contributed by atoms with van der Waals surface area (Å²) in [7, 11) is 0. The monoisotopic (exact) mass is 308 g/mol. The smallest absolute Gasteiger partial charge is 0.242 e. The molecular weight excluding hydrogens is 288 g/mol. The van der Waals surface area contributed by atoms with E-state index >= 15 is 0 Å². The van der Waals surface area contributed by atoms with Crippen molar-refractivity contribution in [2.24, 2.45) is 0 Å². The second-order valence-electron chi connectivity index (χ2n) is 5.73. The van der Waals surface area contributed by atoms with Crippen molar-refractivity contribution in [3.05, 3.63) is 60.2 Å². The number of nitrogens with one attached hydrogen (secondary N) is 1. The third-order valence-electron chi connectivity index (χ3n) is 3.83. The van der Waals surface area contributed by atoms with E-state index in [0.717, 1.165) is 23.9 Å². The van der Waals surface area contributed by atoms with Gasteiger partial charge in [0, 0.05) is 6.04 Å². The number of hydrogen-bond acceptors (Lipinski definition) is 3. The van der Waals surface area contributed by atoms with Crippen LogP contribution in [0.15, 0.2) is 54.6 Å². The summed E-state index contributed by atoms with van der Waals surface area (Å²) in [5, 5.41) is 11.1. The Balaban J connectivity index is 1.52. The fraction of sp³-hybridized carbons (Fsp3) is 0.278. The highest BCUT2D eigenvalue weighted by Crippen LogP contribution is 2.09. The molecule has 23 heavy (non-hydrogen) atoms. The standard InChI is InChI=1S/C18H20N4O/c1-14(11-12-15-7-3-2-4-8-15)19-18(23)13-22-17-10-6-5-9-16(17)20-21-22/h2-10,14H,11-13H2,1H3,(H,19,23)/t14-/m0/s1. The number of para-hydroxylation sites is 1. The van der Waals surface area contributed by atoms with Crippen LogP contribution < -0.4 is 5.32 Å². The topological polar surface area (TPSA) is 59.8 Å². The van der Waals surface area contributed by atoms with Gasteiger partial charge in [-0.05, 0) is 37.5 Å². The van der Waals surface area contributed by atoms with Gasteiger partial charge in [0.1, 0.15) is 12.1 Å². The van der Waals surface area contributed by atoms with E-state index in [2.05, 4.69) is 27.8 Å². The Morgan fingerprint density at radius 3 is 2.70 bits per heavy atom. The van der Waals surface area contributed by atoms with Crippen LogP contribution in [0.3, 0.4) is 0 Å². The van der Waals surface area contributed by atoms with E-state index in [0.29, 0.717) is 0 Å². The van der Waals surface area contributed by atoms with Gasteiger partial charge in [-0.1, -0.05) is 47.7 Å². The first-order valence-corrected chi connectivity index (χ1v) is 7.84. The summed E-state index contributed by atoms with van der Waals surface area (Å²) in [5.74, 6) is -0.0405. The average molecular weight is 308 g/mol. The van der Waals surface area contributed by atoms with Crippen LogP contribution in [-0.4, -0.2) is 26.9 Å². The maximum atomic E-state index is 12.2. The van der Waals surface area contributed by atoms with Crippen molar-refractivity contribution >= 4 is 16.9 Å². The zero-order chi connectivity index (χ0) is 16.1. The van der Waals surface area contributed by atoms with Crippen LogP contribution in [0.5, 0.6) is 0 Å². The number of carbonyl (C=O) groups excluding carboxylic acids is 1. The number of amides is 1. The molecule has 5 heteroatoms. The molecule has 0 aliphatic heterocycles. The lowest BCUT2D eigenvalue weighted by molar-refractivity contribution is -0.122. The van der Waals surface area contributed by atoms with Gasteiger partial charge in [-0.3, -0.25) is 4.79 Å². The number of aromatic nitrogens is 3. The fourth-order valence-corrected chi connectivity index (χ4v) is 2.59. The van der Waals surface area contributed by atoms with Crippen LogP contribution in [-0.2, 0) is 17.8 Å². The Kier molecular flexibility index (Phi) is 4.66. The van der Waals surface area contributed by atoms with Gasteiger partial charge in [-0.15, -0.1) is 5.10 Å². The highest BCUT2D eigenvalue weighted by molar-refractivity contribution is 5.79. The zero-order valence-electron chi connectivity index (χ0n) is 13.1. The maximum absolute atomic E-state index is 12.2. The number of fused-ring (bicyclic) bond motifs is 1. The van der Waals surface area contributed by atoms with Crippen molar-refractivity contribution in [2.75, 3.05) is 0 Å². The van der Waals surface area contributed by atoms with Crippen molar-refractivity contribution in [2.45, 2.75) is 32.4 Å². The van der Waals surface area contributed by atoms with Gasteiger partial charge in [-0.2, -0.15) is 0 Å². The molecule has 1 heterocycles. The molecule has 118 valence electrons. The van der Waals surface area contributed by atoms with Crippen molar-refractivity contribution in [3.63, 3.8) is 0 Å². The number of nitrogens with zero attached hydrogens (tertiary/aromatic N) is 3. The molecule has 0 fully saturated rings. The average Bonchev–Trinajstić information content (AvgIpc) is 2.97. The summed E-state index contributed by atoms with van der Waals surface area (Å²) < 4.78 is 1.63. The van der Waals surface area contributed by atoms with E-state index in [1.165, 1.54) is 5.56 Å². The number of aryl methyl sites for hydroxylation is 1. The molecule has 0 unspecified atom stereocenters. The molecule has 3 rings (SSSR count). The molecule has 2 aromatic carbocycles. The van der Waals surface area contributed by atoms with E-state index in [1.807, 2.05) is 49.4 Å². The molecule has 0 radical (unpaired) electrons. The lowest BCUT2D eigenvalue weighted by Gasteiger charge is -2.14. The molecule has 0 aliphatic rings. The predicted octanol–water partition coefficient (Wildman–Crippen LogP) is 2.57. The van der Waals surface area contributed by atoms with Gasteiger partial charge in [0.2, 0.25) is 5.91 Å². The van der Waals surface area contributed by atoms with Crippen molar-refractivity contribution < 1.29 is 4.79 Å². The van der Waals surface area contributed by atoms with Gasteiger partial charge in [0.05, 0.1) is 5.52 Å². The first kappa shape index (κ1) is 15.2. The summed E-state index contributed by atoms with van der Waals surface area (Å²) >= 11 is 0. The fourth-order valence-electron chi connectivity index (χ4n) is 2.59. The van der Waals surface area contributed by atoms with Gasteiger partial charge >= 0.3 is 0 Å². The molecule has 1 aromatic heterocycles. The Morgan fingerprint density at radius 2 is 1.87 bits per heavy atom. The van der Waals surface area contributed by atoms with Crippen LogP contribution in [0, 0.1) is 0 Å². The molecule has 0 saturated heterocycles. The van der Waals surface area contributed by atoms with E-state index in [4.69, 9.17) is 0 Å². The Morgan fingerprint density at radius 1 is 1.13 bits per heavy atom. The van der Waals surface area contributed by atoms with Crippen LogP contribution in [0.25, 0.3) is 11.0 Å². The number of rotatable bonds is 6. The highest BCUT2D eigenvalue weighted by Gasteiger charge is 2.11. The lowest BCUT2D eigenvalue weighted by atomic mass is 10.1. The minimum atomic E-state index is -0.0405. The molecule has 0 aliphatic carbocycles. The van der Waals surface area contributed by atoms with Crippen molar-refractivity contribution in [3.8, 4) is 0 Å². The number of carbonyl (C=O) groups is 1. The summed E-state index contributed by atoms with van der Waals surface area (Å²) in [4.78, 5) is 12.2. The summed E-state index contributed by atoms with van der Waals surface area (Å²) in [6.45, 7) is 2.22. The molecule has 1 amide bonds. The normalized spacial score (nSPS) is 12.2. The van der Waals surface area contributed by atoms with Gasteiger partial charge in [-0.25, -0.2) is 4.68 Å². The van der Waals surface area contributed by atoms with E-state index in [-0.39, 0.29) is 18.5 Å². The Bertz CT molecular complexity index is 782. The van der Waals surface area contributed by atoms with Crippen LogP contribution >= 0.6 is 0 Å². The van der Waals surface area contributed by atoms with E-state index < -0.39 is 0 Å². The van der Waals surface area contributed by atoms with Gasteiger partial charge in [0.25, 0.3) is 0 Å². The van der Waals surface area contributed by atoms with Crippen LogP contribution in [0.2, 0.25) is 0 Å². The molecule has 0 spiro atoms. The summed E-state index contributed by atoms with van der Waals surface area (Å²) in [6.07, 6.45) is 1.86. The van der Waals surface area contributed by atoms with E-state index in [1.54, 1.807) is 4.68 Å². The molecule has 0 bridgehead atoms. The lowest BCUT2D eigenvalue weighted by Crippen LogP contribution is -2.35. The minimum absolute atomic E-state index is 0.0405. The summed E-state index contributed by atoms with van der Waals surface area (Å²) in [5.41, 5.74) is 2.97. The van der Waals surface area contributed by atoms with Crippen LogP contribution in [0.4, 0.5) is 0 Å². The first-order chi connectivity index (χ1) is 11.2. The largest absolute Gasteiger partial charge is 0.352 e. The molecular formula is C18H20N4O. The van der Waals surface area contributed by atoms with Crippen molar-refractivity contribution in [1.82, 2.24) is 20.3 Å². The third kappa shape index (κ3) is 3.94. The molecule has 5 nitrogen and oxygen atoms in total. The molecule has 0 saturated carbocycles. The quantitative estimate of drug-likeness (QED) is 0.761. The van der Waals surface area contributed by atoms with E-state index in [9.17, 15) is 4.79 Å². The van der Waals surface area contributed by atoms with Crippen molar-refractivity contribution in [1.29, 1.82) is 0 Å². The second-order valence-corrected chi connectivity index (χ2v) is 5.73. The third-order valence-corrected chi connectivity index (χ3v) is 3.83. The molecule has 1 N–H and O–H groups in total. The number of hydrogen-bond donors (Lipinski definition) is 1. The van der Waals surface area contributed by atoms with Gasteiger partial charge in [0.15, 0.2) is 0 Å². The summed E-state index contributed by atoms with van der Waals surface area (Å²) in [6, 6.07) is 18.1. The second kappa shape index (κ2) is 7.05. The van der Waals surface area contributed by atoms with Crippen LogP contribution in [0.1, 0.15) is 18.9 Å². The zero-order valence-corrected chi connectivity index (χ0v) is 13.1. The predicted molar refractivity (Wildman–Crippen MR) is 89.9 cm³/mol.